The van der Waals surface area contributed by atoms with Gasteiger partial charge in [0.05, 0.1) is 12.0 Å². The number of hydrogen-bond donors (Lipinski definition) is 2. The van der Waals surface area contributed by atoms with E-state index < -0.39 is 15.8 Å². The summed E-state index contributed by atoms with van der Waals surface area (Å²) in [5.41, 5.74) is 0.0726. The van der Waals surface area contributed by atoms with Gasteiger partial charge in [-0.3, -0.25) is 0 Å². The molecule has 5 nitrogen and oxygen atoms in total. The van der Waals surface area contributed by atoms with Gasteiger partial charge in [-0.15, -0.1) is 12.4 Å². The van der Waals surface area contributed by atoms with E-state index in [1.807, 2.05) is 6.92 Å². The number of ether oxygens (including phenoxy) is 1. The van der Waals surface area contributed by atoms with Crippen molar-refractivity contribution in [3.8, 4) is 5.75 Å². The van der Waals surface area contributed by atoms with Crippen molar-refractivity contribution in [3.63, 3.8) is 0 Å². The van der Waals surface area contributed by atoms with Crippen molar-refractivity contribution in [1.82, 2.24) is 10.0 Å². The van der Waals surface area contributed by atoms with Gasteiger partial charge < -0.3 is 10.1 Å². The Kier molecular flexibility index (Phi) is 6.61. The molecule has 0 bridgehead atoms. The molecular weight excluding hydrogens is 331 g/mol. The number of halogens is 2. The van der Waals surface area contributed by atoms with E-state index in [9.17, 15) is 12.8 Å². The minimum atomic E-state index is -3.74. The first-order valence-corrected chi connectivity index (χ1v) is 8.41. The molecule has 1 aromatic carbocycles. The summed E-state index contributed by atoms with van der Waals surface area (Å²) in [7, 11) is -2.40. The van der Waals surface area contributed by atoms with Crippen LogP contribution >= 0.6 is 12.4 Å². The summed E-state index contributed by atoms with van der Waals surface area (Å²) >= 11 is 0. The number of piperidine rings is 1. The van der Waals surface area contributed by atoms with Crippen LogP contribution in [-0.2, 0) is 10.0 Å². The fraction of sp³-hybridized carbons (Fsp3) is 0.571. The first-order chi connectivity index (χ1) is 9.86. The van der Waals surface area contributed by atoms with E-state index in [1.165, 1.54) is 26.2 Å². The van der Waals surface area contributed by atoms with Crippen molar-refractivity contribution in [1.29, 1.82) is 0 Å². The van der Waals surface area contributed by atoms with Crippen molar-refractivity contribution in [3.05, 3.63) is 23.5 Å². The Hall–Kier alpha value is -0.890. The van der Waals surface area contributed by atoms with Crippen LogP contribution in [0.1, 0.15) is 18.9 Å². The van der Waals surface area contributed by atoms with Gasteiger partial charge in [0.2, 0.25) is 10.0 Å². The van der Waals surface area contributed by atoms with Gasteiger partial charge in [0.1, 0.15) is 0 Å². The smallest absolute Gasteiger partial charge is 0.241 e. The number of methoxy groups -OCH3 is 1. The number of hydrogen-bond acceptors (Lipinski definition) is 4. The molecule has 1 fully saturated rings. The van der Waals surface area contributed by atoms with E-state index in [4.69, 9.17) is 4.74 Å². The van der Waals surface area contributed by atoms with Gasteiger partial charge in [-0.1, -0.05) is 6.92 Å². The second-order valence-electron chi connectivity index (χ2n) is 5.40. The largest absolute Gasteiger partial charge is 0.494 e. The summed E-state index contributed by atoms with van der Waals surface area (Å²) < 4.78 is 46.5. The second-order valence-corrected chi connectivity index (χ2v) is 7.09. The highest BCUT2D eigenvalue weighted by molar-refractivity contribution is 7.89. The van der Waals surface area contributed by atoms with Crippen molar-refractivity contribution in [2.75, 3.05) is 20.2 Å². The van der Waals surface area contributed by atoms with Crippen molar-refractivity contribution < 1.29 is 17.5 Å². The Morgan fingerprint density at radius 1 is 1.41 bits per heavy atom. The molecule has 8 heteroatoms. The molecule has 1 aliphatic rings. The monoisotopic (exact) mass is 352 g/mol. The molecule has 2 unspecified atom stereocenters. The van der Waals surface area contributed by atoms with Crippen LogP contribution in [0.3, 0.4) is 0 Å². The Morgan fingerprint density at radius 2 is 2.09 bits per heavy atom. The van der Waals surface area contributed by atoms with Crippen LogP contribution in [0, 0.1) is 18.7 Å². The minimum Gasteiger partial charge on any atom is -0.494 e. The van der Waals surface area contributed by atoms with Crippen molar-refractivity contribution in [2.45, 2.75) is 31.2 Å². The van der Waals surface area contributed by atoms with E-state index in [-0.39, 0.29) is 40.6 Å². The van der Waals surface area contributed by atoms with Gasteiger partial charge in [0, 0.05) is 11.6 Å². The van der Waals surface area contributed by atoms with Crippen LogP contribution in [0.4, 0.5) is 4.39 Å². The fourth-order valence-corrected chi connectivity index (χ4v) is 4.16. The topological polar surface area (TPSA) is 67.4 Å². The Balaban J connectivity index is 0.00000242. The van der Waals surface area contributed by atoms with E-state index in [0.717, 1.165) is 19.5 Å². The molecule has 2 rings (SSSR count). The molecule has 0 amide bonds. The summed E-state index contributed by atoms with van der Waals surface area (Å²) in [6, 6.07) is 2.58. The van der Waals surface area contributed by atoms with E-state index in [2.05, 4.69) is 10.0 Å². The molecule has 0 spiro atoms. The highest BCUT2D eigenvalue weighted by Crippen LogP contribution is 2.26. The van der Waals surface area contributed by atoms with Crippen LogP contribution < -0.4 is 14.8 Å². The Labute approximate surface area is 137 Å². The lowest BCUT2D eigenvalue weighted by atomic mass is 9.97. The summed E-state index contributed by atoms with van der Waals surface area (Å²) in [6.07, 6.45) is 0.720. The lowest BCUT2D eigenvalue weighted by Gasteiger charge is -2.30. The normalized spacial score (nSPS) is 22.0. The number of nitrogens with one attached hydrogen (secondary N) is 2. The maximum absolute atomic E-state index is 14.0. The summed E-state index contributed by atoms with van der Waals surface area (Å²) in [6.45, 7) is 4.97. The van der Waals surface area contributed by atoms with Gasteiger partial charge in [-0.2, -0.15) is 0 Å². The van der Waals surface area contributed by atoms with Crippen LogP contribution in [0.5, 0.6) is 5.75 Å². The van der Waals surface area contributed by atoms with E-state index in [1.54, 1.807) is 0 Å². The lowest BCUT2D eigenvalue weighted by Crippen LogP contribution is -2.48. The van der Waals surface area contributed by atoms with Gasteiger partial charge in [0.15, 0.2) is 11.6 Å². The van der Waals surface area contributed by atoms with Gasteiger partial charge >= 0.3 is 0 Å². The zero-order valence-corrected chi connectivity index (χ0v) is 14.5. The first kappa shape index (κ1) is 19.2. The van der Waals surface area contributed by atoms with Crippen molar-refractivity contribution in [2.24, 2.45) is 5.92 Å². The molecule has 2 N–H and O–H groups in total. The third-order valence-corrected chi connectivity index (χ3v) is 5.54. The maximum Gasteiger partial charge on any atom is 0.241 e. The zero-order valence-electron chi connectivity index (χ0n) is 12.8. The molecule has 0 saturated carbocycles. The highest BCUT2D eigenvalue weighted by atomic mass is 35.5. The predicted octanol–water partition coefficient (Wildman–Crippen LogP) is 1.84. The Bertz CT molecular complexity index is 625. The van der Waals surface area contributed by atoms with Crippen LogP contribution in [0.25, 0.3) is 0 Å². The average Bonchev–Trinajstić information content (AvgIpc) is 2.44. The maximum atomic E-state index is 14.0. The highest BCUT2D eigenvalue weighted by Gasteiger charge is 2.28. The number of benzene rings is 1. The average molecular weight is 353 g/mol. The first-order valence-electron chi connectivity index (χ1n) is 6.93. The second kappa shape index (κ2) is 7.59. The summed E-state index contributed by atoms with van der Waals surface area (Å²) in [4.78, 5) is -0.0356. The molecule has 0 aliphatic carbocycles. The molecule has 1 aromatic rings. The SMILES string of the molecule is COc1ccc(S(=O)(=O)NC2CCNCC2C)c(C)c1F.Cl. The standard InChI is InChI=1S/C14H21FN2O3S.ClH/c1-9-8-16-7-6-11(9)17-21(18,19)13-5-4-12(20-3)14(15)10(13)2;/h4-5,9,11,16-17H,6-8H2,1-3H3;1H. The van der Waals surface area contributed by atoms with Crippen LogP contribution in [-0.4, -0.2) is 34.7 Å². The van der Waals surface area contributed by atoms with E-state index >= 15 is 0 Å². The van der Waals surface area contributed by atoms with Gasteiger partial charge in [0.25, 0.3) is 0 Å². The third kappa shape index (κ3) is 3.90. The molecule has 1 aliphatic heterocycles. The molecule has 1 heterocycles. The third-order valence-electron chi connectivity index (χ3n) is 3.90. The lowest BCUT2D eigenvalue weighted by molar-refractivity contribution is 0.328. The molecule has 126 valence electrons. The summed E-state index contributed by atoms with van der Waals surface area (Å²) in [5.74, 6) is -0.405. The summed E-state index contributed by atoms with van der Waals surface area (Å²) in [5, 5.41) is 3.21. The van der Waals surface area contributed by atoms with Crippen LogP contribution in [0.2, 0.25) is 0 Å². The Morgan fingerprint density at radius 3 is 2.68 bits per heavy atom. The molecule has 1 saturated heterocycles. The van der Waals surface area contributed by atoms with Crippen LogP contribution in [0.15, 0.2) is 17.0 Å². The van der Waals surface area contributed by atoms with Gasteiger partial charge in [-0.05, 0) is 44.5 Å². The molecular formula is C14H22ClFN2O3S. The van der Waals surface area contributed by atoms with Crippen molar-refractivity contribution >= 4 is 22.4 Å². The molecule has 0 radical (unpaired) electrons. The van der Waals surface area contributed by atoms with Gasteiger partial charge in [-0.25, -0.2) is 17.5 Å². The zero-order chi connectivity index (χ0) is 15.6. The molecule has 0 aromatic heterocycles. The minimum absolute atomic E-state index is 0. The molecule has 22 heavy (non-hydrogen) atoms. The number of rotatable bonds is 4. The quantitative estimate of drug-likeness (QED) is 0.867. The fourth-order valence-electron chi connectivity index (χ4n) is 2.54. The molecule has 2 atom stereocenters. The van der Waals surface area contributed by atoms with E-state index in [0.29, 0.717) is 0 Å². The number of sulfonamides is 1. The predicted molar refractivity (Wildman–Crippen MR) is 85.7 cm³/mol.